The summed E-state index contributed by atoms with van der Waals surface area (Å²) in [5.41, 5.74) is 2.72. The number of aromatic nitrogens is 5. The van der Waals surface area contributed by atoms with E-state index in [0.29, 0.717) is 5.56 Å². The summed E-state index contributed by atoms with van der Waals surface area (Å²) < 4.78 is 10.8. The average Bonchev–Trinajstić information content (AvgIpc) is 3.39. The first-order valence-corrected chi connectivity index (χ1v) is 11.2. The third kappa shape index (κ3) is 4.59. The third-order valence-corrected chi connectivity index (χ3v) is 6.22. The Labute approximate surface area is 201 Å². The fourth-order valence-corrected chi connectivity index (χ4v) is 4.24. The zero-order valence-corrected chi connectivity index (χ0v) is 20.1. The molecule has 0 spiro atoms. The summed E-state index contributed by atoms with van der Waals surface area (Å²) in [4.78, 5) is 53.9. The van der Waals surface area contributed by atoms with Crippen LogP contribution in [-0.4, -0.2) is 41.6 Å². The van der Waals surface area contributed by atoms with Crippen molar-refractivity contribution in [3.8, 4) is 0 Å². The van der Waals surface area contributed by atoms with Crippen molar-refractivity contribution in [3.05, 3.63) is 86.1 Å². The molecular formula is C25H27N5O5. The molecule has 3 heterocycles. The van der Waals surface area contributed by atoms with Gasteiger partial charge in [0.2, 0.25) is 5.78 Å². The van der Waals surface area contributed by atoms with Crippen LogP contribution in [0.5, 0.6) is 0 Å². The van der Waals surface area contributed by atoms with Crippen molar-refractivity contribution in [1.82, 2.24) is 23.3 Å². The Kier molecular flexibility index (Phi) is 6.54. The van der Waals surface area contributed by atoms with Gasteiger partial charge in [-0.05, 0) is 31.9 Å². The zero-order chi connectivity index (χ0) is 25.3. The lowest BCUT2D eigenvalue weighted by atomic mass is 10.1. The molecule has 0 aliphatic heterocycles. The van der Waals surface area contributed by atoms with Crippen LogP contribution in [0.15, 0.2) is 52.3 Å². The van der Waals surface area contributed by atoms with Gasteiger partial charge in [-0.2, -0.15) is 0 Å². The monoisotopic (exact) mass is 477 g/mol. The number of nitrogens with zero attached hydrogens (tertiary/aromatic N) is 5. The van der Waals surface area contributed by atoms with Crippen LogP contribution in [0.2, 0.25) is 0 Å². The van der Waals surface area contributed by atoms with Crippen molar-refractivity contribution in [3.63, 3.8) is 0 Å². The summed E-state index contributed by atoms with van der Waals surface area (Å²) in [5.74, 6) is -0.988. The largest absolute Gasteiger partial charge is 0.456 e. The first-order valence-electron chi connectivity index (χ1n) is 11.2. The molecule has 0 fully saturated rings. The molecule has 1 aromatic carbocycles. The number of carbonyl (C=O) groups is 2. The predicted molar refractivity (Wildman–Crippen MR) is 130 cm³/mol. The molecule has 0 bridgehead atoms. The van der Waals surface area contributed by atoms with Gasteiger partial charge in [0.1, 0.15) is 6.54 Å². The zero-order valence-electron chi connectivity index (χ0n) is 20.1. The second kappa shape index (κ2) is 9.57. The molecule has 4 rings (SSSR count). The van der Waals surface area contributed by atoms with Gasteiger partial charge in [0.05, 0.1) is 6.33 Å². The highest BCUT2D eigenvalue weighted by molar-refractivity contribution is 5.99. The fourth-order valence-electron chi connectivity index (χ4n) is 4.24. The van der Waals surface area contributed by atoms with E-state index in [1.165, 1.54) is 35.1 Å². The Bertz CT molecular complexity index is 1540. The van der Waals surface area contributed by atoms with Crippen LogP contribution in [0.4, 0.5) is 0 Å². The van der Waals surface area contributed by atoms with Crippen LogP contribution in [0.3, 0.4) is 0 Å². The second-order valence-corrected chi connectivity index (χ2v) is 8.51. The lowest BCUT2D eigenvalue weighted by molar-refractivity contribution is -0.143. The Balaban J connectivity index is 1.43. The van der Waals surface area contributed by atoms with E-state index in [-0.39, 0.29) is 23.5 Å². The summed E-state index contributed by atoms with van der Waals surface area (Å²) in [6.07, 6.45) is 2.14. The number of ketones is 1. The number of rotatable bonds is 8. The number of hydrogen-bond acceptors (Lipinski definition) is 6. The second-order valence-electron chi connectivity index (χ2n) is 8.51. The minimum absolute atomic E-state index is 0.111. The molecule has 10 heteroatoms. The van der Waals surface area contributed by atoms with Crippen LogP contribution in [0.25, 0.3) is 11.2 Å². The highest BCUT2D eigenvalue weighted by Gasteiger charge is 2.19. The molecule has 0 atom stereocenters. The highest BCUT2D eigenvalue weighted by Crippen LogP contribution is 2.17. The van der Waals surface area contributed by atoms with E-state index in [4.69, 9.17) is 4.74 Å². The first kappa shape index (κ1) is 23.9. The van der Waals surface area contributed by atoms with Crippen LogP contribution in [0, 0.1) is 13.8 Å². The number of ether oxygens (including phenoxy) is 1. The molecule has 0 unspecified atom stereocenters. The van der Waals surface area contributed by atoms with E-state index in [2.05, 4.69) is 21.7 Å². The number of benzene rings is 1. The number of carbonyl (C=O) groups excluding carboxylic acids is 2. The van der Waals surface area contributed by atoms with Gasteiger partial charge in [-0.25, -0.2) is 9.78 Å². The molecule has 0 aliphatic rings. The van der Waals surface area contributed by atoms with Crippen LogP contribution in [-0.2, 0) is 43.1 Å². The Morgan fingerprint density at radius 2 is 1.74 bits per heavy atom. The summed E-state index contributed by atoms with van der Waals surface area (Å²) >= 11 is 0. The van der Waals surface area contributed by atoms with Gasteiger partial charge in [0.25, 0.3) is 5.56 Å². The summed E-state index contributed by atoms with van der Waals surface area (Å²) in [5, 5.41) is 0. The maximum atomic E-state index is 12.8. The van der Waals surface area contributed by atoms with Crippen molar-refractivity contribution in [2.45, 2.75) is 33.4 Å². The summed E-state index contributed by atoms with van der Waals surface area (Å²) in [6, 6.07) is 11.9. The number of aryl methyl sites for hydroxylation is 3. The Morgan fingerprint density at radius 3 is 2.46 bits per heavy atom. The normalized spacial score (nSPS) is 11.2. The predicted octanol–water partition coefficient (Wildman–Crippen LogP) is 1.52. The van der Waals surface area contributed by atoms with E-state index < -0.39 is 23.8 Å². The third-order valence-electron chi connectivity index (χ3n) is 6.22. The minimum Gasteiger partial charge on any atom is -0.456 e. The number of Topliss-reactive ketones (excluding diaryl/α,β-unsaturated/α-hetero) is 1. The van der Waals surface area contributed by atoms with Crippen molar-refractivity contribution < 1.29 is 14.3 Å². The molecule has 0 N–H and O–H groups in total. The van der Waals surface area contributed by atoms with Crippen LogP contribution >= 0.6 is 0 Å². The molecule has 182 valence electrons. The summed E-state index contributed by atoms with van der Waals surface area (Å²) in [6.45, 7) is 3.83. The number of hydrogen-bond donors (Lipinski definition) is 0. The Hall–Kier alpha value is -4.21. The van der Waals surface area contributed by atoms with Crippen molar-refractivity contribution in [1.29, 1.82) is 0 Å². The van der Waals surface area contributed by atoms with Gasteiger partial charge in [0.15, 0.2) is 17.8 Å². The van der Waals surface area contributed by atoms with Gasteiger partial charge in [-0.15, -0.1) is 0 Å². The van der Waals surface area contributed by atoms with Gasteiger partial charge < -0.3 is 13.9 Å². The van der Waals surface area contributed by atoms with Gasteiger partial charge in [-0.3, -0.25) is 23.5 Å². The standard InChI is InChI=1S/C25H27N5O5/c1-16-12-19(17(2)30(16)11-10-18-8-6-5-7-9-18)20(31)14-35-21(32)13-29-15-26-23-22(29)24(33)28(4)25(34)27(23)3/h5-9,12,15H,10-11,13-14H2,1-4H3. The van der Waals surface area contributed by atoms with E-state index in [9.17, 15) is 19.2 Å². The average molecular weight is 478 g/mol. The molecule has 0 amide bonds. The van der Waals surface area contributed by atoms with E-state index in [1.807, 2.05) is 38.1 Å². The van der Waals surface area contributed by atoms with Crippen molar-refractivity contribution in [2.75, 3.05) is 6.61 Å². The summed E-state index contributed by atoms with van der Waals surface area (Å²) in [7, 11) is 2.85. The lowest BCUT2D eigenvalue weighted by Gasteiger charge is -2.10. The Morgan fingerprint density at radius 1 is 1.03 bits per heavy atom. The van der Waals surface area contributed by atoms with E-state index in [1.54, 1.807) is 0 Å². The molecule has 10 nitrogen and oxygen atoms in total. The van der Waals surface area contributed by atoms with Crippen molar-refractivity contribution >= 4 is 22.9 Å². The van der Waals surface area contributed by atoms with Gasteiger partial charge >= 0.3 is 11.7 Å². The highest BCUT2D eigenvalue weighted by atomic mass is 16.5. The quantitative estimate of drug-likeness (QED) is 0.281. The molecule has 0 saturated carbocycles. The van der Waals surface area contributed by atoms with Gasteiger partial charge in [-0.1, -0.05) is 30.3 Å². The topological polar surface area (TPSA) is 110 Å². The smallest absolute Gasteiger partial charge is 0.332 e. The molecule has 35 heavy (non-hydrogen) atoms. The minimum atomic E-state index is -0.688. The molecule has 0 radical (unpaired) electrons. The van der Waals surface area contributed by atoms with Gasteiger partial charge in [0, 0.05) is 37.6 Å². The SMILES string of the molecule is Cc1cc(C(=O)COC(=O)Cn2cnc3c2c(=O)n(C)c(=O)n3C)c(C)n1CCc1ccccc1. The molecular weight excluding hydrogens is 450 g/mol. The maximum absolute atomic E-state index is 12.8. The van der Waals surface area contributed by atoms with Crippen LogP contribution in [0.1, 0.15) is 27.3 Å². The lowest BCUT2D eigenvalue weighted by Crippen LogP contribution is -2.37. The van der Waals surface area contributed by atoms with Crippen molar-refractivity contribution in [2.24, 2.45) is 14.1 Å². The first-order chi connectivity index (χ1) is 16.7. The number of fused-ring (bicyclic) bond motifs is 1. The molecule has 0 saturated heterocycles. The number of esters is 1. The number of imidazole rings is 1. The molecule has 3 aromatic heterocycles. The molecule has 0 aliphatic carbocycles. The van der Waals surface area contributed by atoms with E-state index >= 15 is 0 Å². The maximum Gasteiger partial charge on any atom is 0.332 e. The van der Waals surface area contributed by atoms with E-state index in [0.717, 1.165) is 28.9 Å². The molecule has 4 aromatic rings. The van der Waals surface area contributed by atoms with Crippen LogP contribution < -0.4 is 11.2 Å². The fraction of sp³-hybridized carbons (Fsp3) is 0.320.